The zero-order valence-electron chi connectivity index (χ0n) is 48.4. The third kappa shape index (κ3) is 43.6. The van der Waals surface area contributed by atoms with Crippen molar-refractivity contribution in [1.29, 1.82) is 0 Å². The molecule has 7 unspecified atom stereocenters. The van der Waals surface area contributed by atoms with Gasteiger partial charge in [0.1, 0.15) is 24.4 Å². The normalized spacial score (nSPS) is 19.0. The molecule has 0 radical (unpaired) electrons. The van der Waals surface area contributed by atoms with Crippen LogP contribution in [0.15, 0.2) is 12.2 Å². The zero-order chi connectivity index (χ0) is 52.9. The fourth-order valence-electron chi connectivity index (χ4n) is 10.7. The van der Waals surface area contributed by atoms with E-state index in [1.54, 1.807) is 0 Å². The summed E-state index contributed by atoms with van der Waals surface area (Å²) >= 11 is 0. The van der Waals surface area contributed by atoms with Crippen LogP contribution < -0.4 is 5.32 Å². The van der Waals surface area contributed by atoms with Crippen LogP contribution in [0.4, 0.5) is 0 Å². The predicted molar refractivity (Wildman–Crippen MR) is 309 cm³/mol. The largest absolute Gasteiger partial charge is 0.394 e. The molecule has 9 nitrogen and oxygen atoms in total. The molecule has 434 valence electrons. The summed E-state index contributed by atoms with van der Waals surface area (Å²) in [4.78, 5) is 13.1. The van der Waals surface area contributed by atoms with Crippen LogP contribution in [-0.4, -0.2) is 87.5 Å². The minimum atomic E-state index is -1.55. The fraction of sp³-hybridized carbons (Fsp3) is 0.953. The number of amides is 1. The van der Waals surface area contributed by atoms with E-state index in [2.05, 4.69) is 31.3 Å². The molecule has 1 saturated heterocycles. The Labute approximate surface area is 452 Å². The van der Waals surface area contributed by atoms with Crippen LogP contribution in [-0.2, 0) is 14.3 Å². The molecule has 1 rings (SSSR count). The number of allylic oxidation sites excluding steroid dienone is 2. The molecule has 0 aromatic carbocycles. The highest BCUT2D eigenvalue weighted by atomic mass is 16.7. The van der Waals surface area contributed by atoms with E-state index in [0.29, 0.717) is 12.8 Å². The van der Waals surface area contributed by atoms with Crippen molar-refractivity contribution in [2.75, 3.05) is 13.2 Å². The lowest BCUT2D eigenvalue weighted by molar-refractivity contribution is -0.302. The predicted octanol–water partition coefficient (Wildman–Crippen LogP) is 16.7. The van der Waals surface area contributed by atoms with Gasteiger partial charge in [0.05, 0.1) is 25.4 Å². The Hall–Kier alpha value is -1.07. The molecule has 0 spiro atoms. The molecule has 0 aromatic rings. The summed E-state index contributed by atoms with van der Waals surface area (Å²) in [6.07, 6.45) is 61.5. The zero-order valence-corrected chi connectivity index (χ0v) is 48.4. The third-order valence-corrected chi connectivity index (χ3v) is 15.9. The molecule has 0 bridgehead atoms. The Kier molecular flexibility index (Phi) is 52.0. The Morgan fingerprint density at radius 2 is 0.767 bits per heavy atom. The Morgan fingerprint density at radius 3 is 1.11 bits per heavy atom. The van der Waals surface area contributed by atoms with Crippen molar-refractivity contribution in [1.82, 2.24) is 5.32 Å². The number of carbonyl (C=O) groups excluding carboxylic acids is 1. The molecule has 9 heteroatoms. The van der Waals surface area contributed by atoms with E-state index in [4.69, 9.17) is 9.47 Å². The number of unbranched alkanes of at least 4 members (excludes halogenated alkanes) is 45. The maximum absolute atomic E-state index is 13.1. The lowest BCUT2D eigenvalue weighted by Crippen LogP contribution is -2.60. The van der Waals surface area contributed by atoms with Gasteiger partial charge in [0, 0.05) is 6.42 Å². The molecule has 0 aliphatic carbocycles. The average molecular weight is 1040 g/mol. The lowest BCUT2D eigenvalue weighted by Gasteiger charge is -2.40. The Bertz CT molecular complexity index is 1150. The van der Waals surface area contributed by atoms with Gasteiger partial charge in [-0.15, -0.1) is 0 Å². The first-order chi connectivity index (χ1) is 35.8. The number of hydrogen-bond acceptors (Lipinski definition) is 8. The second-order valence-electron chi connectivity index (χ2n) is 22.9. The Balaban J connectivity index is 2.02. The van der Waals surface area contributed by atoms with E-state index in [1.807, 2.05) is 0 Å². The van der Waals surface area contributed by atoms with Crippen molar-refractivity contribution < 1.29 is 39.8 Å². The van der Waals surface area contributed by atoms with Gasteiger partial charge in [0.25, 0.3) is 0 Å². The molecule has 0 saturated carbocycles. The summed E-state index contributed by atoms with van der Waals surface area (Å²) < 4.78 is 11.3. The summed E-state index contributed by atoms with van der Waals surface area (Å²) in [5, 5.41) is 54.6. The number of carbonyl (C=O) groups is 1. The van der Waals surface area contributed by atoms with Crippen molar-refractivity contribution in [3.05, 3.63) is 12.2 Å². The highest BCUT2D eigenvalue weighted by Crippen LogP contribution is 2.24. The second-order valence-corrected chi connectivity index (χ2v) is 22.9. The van der Waals surface area contributed by atoms with E-state index >= 15 is 0 Å². The quantitative estimate of drug-likeness (QED) is 0.0261. The number of aliphatic hydroxyl groups excluding tert-OH is 5. The van der Waals surface area contributed by atoms with Crippen molar-refractivity contribution >= 4 is 5.91 Å². The number of hydrogen-bond donors (Lipinski definition) is 6. The van der Waals surface area contributed by atoms with Gasteiger partial charge in [-0.05, 0) is 38.5 Å². The molecule has 1 heterocycles. The van der Waals surface area contributed by atoms with E-state index in [9.17, 15) is 30.3 Å². The van der Waals surface area contributed by atoms with Crippen LogP contribution in [0.5, 0.6) is 0 Å². The topological polar surface area (TPSA) is 149 Å². The van der Waals surface area contributed by atoms with Crippen molar-refractivity contribution in [3.8, 4) is 0 Å². The first kappa shape index (κ1) is 69.9. The van der Waals surface area contributed by atoms with E-state index in [1.165, 1.54) is 270 Å². The first-order valence-corrected chi connectivity index (χ1v) is 32.4. The van der Waals surface area contributed by atoms with Crippen molar-refractivity contribution in [3.63, 3.8) is 0 Å². The maximum atomic E-state index is 13.1. The standard InChI is InChI=1S/C64H125NO8/c1-3-5-7-9-11-13-15-17-18-19-20-21-22-23-24-25-26-27-28-29-30-31-32-33-34-35-36-37-38-39-40-42-44-46-48-50-52-54-60(68)65-57(56-72-64-63(71)62(70)61(69)59(55-66)73-64)58(67)53-51-49-47-45-43-41-16-14-12-10-8-6-4-2/h19-20,57-59,61-64,66-67,69-71H,3-18,21-56H2,1-2H3,(H,65,68)/b20-19-. The summed E-state index contributed by atoms with van der Waals surface area (Å²) in [5.74, 6) is -0.137. The number of aliphatic hydroxyl groups is 5. The first-order valence-electron chi connectivity index (χ1n) is 32.4. The Morgan fingerprint density at radius 1 is 0.452 bits per heavy atom. The van der Waals surface area contributed by atoms with E-state index < -0.39 is 49.5 Å². The fourth-order valence-corrected chi connectivity index (χ4v) is 10.7. The summed E-state index contributed by atoms with van der Waals surface area (Å²) in [5.41, 5.74) is 0. The van der Waals surface area contributed by atoms with Gasteiger partial charge in [-0.25, -0.2) is 0 Å². The van der Waals surface area contributed by atoms with Gasteiger partial charge >= 0.3 is 0 Å². The molecule has 1 aliphatic rings. The van der Waals surface area contributed by atoms with E-state index in [0.717, 1.165) is 38.5 Å². The highest BCUT2D eigenvalue weighted by Gasteiger charge is 2.44. The second kappa shape index (κ2) is 54.3. The highest BCUT2D eigenvalue weighted by molar-refractivity contribution is 5.76. The van der Waals surface area contributed by atoms with Crippen LogP contribution in [0, 0.1) is 0 Å². The molecule has 0 aromatic heterocycles. The van der Waals surface area contributed by atoms with Crippen LogP contribution in [0.2, 0.25) is 0 Å². The molecule has 1 fully saturated rings. The van der Waals surface area contributed by atoms with Gasteiger partial charge in [-0.2, -0.15) is 0 Å². The van der Waals surface area contributed by atoms with Crippen LogP contribution >= 0.6 is 0 Å². The average Bonchev–Trinajstić information content (AvgIpc) is 3.39. The number of ether oxygens (including phenoxy) is 2. The molecular formula is C64H125NO8. The van der Waals surface area contributed by atoms with Gasteiger partial charge < -0.3 is 40.3 Å². The molecule has 1 aliphatic heterocycles. The van der Waals surface area contributed by atoms with Crippen molar-refractivity contribution in [2.45, 2.75) is 378 Å². The molecule has 6 N–H and O–H groups in total. The van der Waals surface area contributed by atoms with Gasteiger partial charge in [0.2, 0.25) is 5.91 Å². The van der Waals surface area contributed by atoms with E-state index in [-0.39, 0.29) is 12.5 Å². The monoisotopic (exact) mass is 1040 g/mol. The smallest absolute Gasteiger partial charge is 0.220 e. The number of rotatable bonds is 57. The molecular weight excluding hydrogens is 911 g/mol. The van der Waals surface area contributed by atoms with Gasteiger partial charge in [0.15, 0.2) is 6.29 Å². The minimum Gasteiger partial charge on any atom is -0.394 e. The summed E-state index contributed by atoms with van der Waals surface area (Å²) in [6, 6.07) is -0.714. The van der Waals surface area contributed by atoms with Crippen LogP contribution in [0.25, 0.3) is 0 Å². The SMILES string of the molecule is CCCCCCCCCC/C=C\CCCCCCCCCCCCCCCCCCCCCCCCCCCC(=O)NC(COC1OC(CO)C(O)C(O)C1O)C(O)CCCCCCCCCCCCCCC. The summed E-state index contributed by atoms with van der Waals surface area (Å²) in [7, 11) is 0. The molecule has 7 atom stereocenters. The molecule has 73 heavy (non-hydrogen) atoms. The van der Waals surface area contributed by atoms with Crippen LogP contribution in [0.1, 0.15) is 335 Å². The molecule has 1 amide bonds. The maximum Gasteiger partial charge on any atom is 0.220 e. The van der Waals surface area contributed by atoms with Gasteiger partial charge in [-0.1, -0.05) is 302 Å². The third-order valence-electron chi connectivity index (χ3n) is 15.9. The minimum absolute atomic E-state index is 0.132. The summed E-state index contributed by atoms with van der Waals surface area (Å²) in [6.45, 7) is 3.87. The lowest BCUT2D eigenvalue weighted by atomic mass is 9.99. The van der Waals surface area contributed by atoms with Crippen LogP contribution in [0.3, 0.4) is 0 Å². The van der Waals surface area contributed by atoms with Gasteiger partial charge in [-0.3, -0.25) is 4.79 Å². The van der Waals surface area contributed by atoms with Crippen molar-refractivity contribution in [2.24, 2.45) is 0 Å². The number of nitrogens with one attached hydrogen (secondary N) is 1.